The lowest BCUT2D eigenvalue weighted by Gasteiger charge is -2.05. The molecule has 1 aromatic heterocycles. The fraction of sp³-hybridized carbons (Fsp3) is 0. The lowest BCUT2D eigenvalue weighted by molar-refractivity contribution is 0.0696. The predicted molar refractivity (Wildman–Crippen MR) is 78.4 cm³/mol. The monoisotopic (exact) mass is 359 g/mol. The van der Waals surface area contributed by atoms with E-state index in [1.54, 1.807) is 11.4 Å². The normalized spacial score (nSPS) is 10.2. The first kappa shape index (κ1) is 14.0. The van der Waals surface area contributed by atoms with Gasteiger partial charge >= 0.3 is 5.97 Å². The summed E-state index contributed by atoms with van der Waals surface area (Å²) in [4.78, 5) is 22.8. The van der Waals surface area contributed by atoms with Crippen molar-refractivity contribution in [3.05, 3.63) is 49.6 Å². The number of carboxylic acid groups (broad SMARTS) is 1. The highest BCUT2D eigenvalue weighted by Crippen LogP contribution is 2.23. The number of nitrogens with one attached hydrogen (secondary N) is 1. The van der Waals surface area contributed by atoms with Crippen molar-refractivity contribution >= 4 is 56.4 Å². The SMILES string of the molecule is O=C(O)c1cc(Cl)cc(NC(=O)c2csc(Br)c2)c1. The van der Waals surface area contributed by atoms with Gasteiger partial charge < -0.3 is 10.4 Å². The van der Waals surface area contributed by atoms with E-state index in [1.807, 2.05) is 0 Å². The highest BCUT2D eigenvalue weighted by molar-refractivity contribution is 9.11. The minimum atomic E-state index is -1.10. The maximum Gasteiger partial charge on any atom is 0.335 e. The molecular weight excluding hydrogens is 354 g/mol. The van der Waals surface area contributed by atoms with E-state index in [2.05, 4.69) is 21.2 Å². The van der Waals surface area contributed by atoms with E-state index in [9.17, 15) is 9.59 Å². The maximum atomic E-state index is 11.9. The van der Waals surface area contributed by atoms with Crippen LogP contribution < -0.4 is 5.32 Å². The van der Waals surface area contributed by atoms with Crippen LogP contribution in [0, 0.1) is 0 Å². The van der Waals surface area contributed by atoms with Gasteiger partial charge in [-0.05, 0) is 40.2 Å². The van der Waals surface area contributed by atoms with Crippen molar-refractivity contribution in [2.24, 2.45) is 0 Å². The highest BCUT2D eigenvalue weighted by Gasteiger charge is 2.11. The molecule has 0 unspecified atom stereocenters. The summed E-state index contributed by atoms with van der Waals surface area (Å²) in [5.74, 6) is -1.42. The Balaban J connectivity index is 2.23. The molecule has 1 heterocycles. The van der Waals surface area contributed by atoms with Gasteiger partial charge in [-0.25, -0.2) is 4.79 Å². The van der Waals surface area contributed by atoms with Crippen LogP contribution in [0.4, 0.5) is 5.69 Å². The summed E-state index contributed by atoms with van der Waals surface area (Å²) in [6.45, 7) is 0. The first-order chi connectivity index (χ1) is 8.95. The highest BCUT2D eigenvalue weighted by atomic mass is 79.9. The Morgan fingerprint density at radius 2 is 1.95 bits per heavy atom. The molecule has 0 atom stereocenters. The molecule has 0 saturated heterocycles. The molecule has 0 bridgehead atoms. The average molecular weight is 361 g/mol. The van der Waals surface area contributed by atoms with Crippen LogP contribution in [0.5, 0.6) is 0 Å². The molecule has 0 aliphatic heterocycles. The maximum absolute atomic E-state index is 11.9. The fourth-order valence-electron chi connectivity index (χ4n) is 1.42. The molecule has 0 fully saturated rings. The number of aromatic carboxylic acids is 1. The Kier molecular flexibility index (Phi) is 4.24. The number of carboxylic acids is 1. The van der Waals surface area contributed by atoms with E-state index >= 15 is 0 Å². The topological polar surface area (TPSA) is 66.4 Å². The van der Waals surface area contributed by atoms with Crippen LogP contribution in [-0.4, -0.2) is 17.0 Å². The van der Waals surface area contributed by atoms with Crippen LogP contribution in [0.25, 0.3) is 0 Å². The summed E-state index contributed by atoms with van der Waals surface area (Å²) in [6.07, 6.45) is 0. The van der Waals surface area contributed by atoms with Crippen molar-refractivity contribution in [2.75, 3.05) is 5.32 Å². The summed E-state index contributed by atoms with van der Waals surface area (Å²) >= 11 is 10.5. The average Bonchev–Trinajstić information content (AvgIpc) is 2.75. The number of halogens is 2. The second kappa shape index (κ2) is 5.73. The van der Waals surface area contributed by atoms with Crippen LogP contribution in [-0.2, 0) is 0 Å². The van der Waals surface area contributed by atoms with Crippen molar-refractivity contribution in [2.45, 2.75) is 0 Å². The molecule has 2 rings (SSSR count). The molecule has 4 nitrogen and oxygen atoms in total. The first-order valence-corrected chi connectivity index (χ1v) is 7.10. The van der Waals surface area contributed by atoms with Crippen LogP contribution in [0.15, 0.2) is 33.4 Å². The van der Waals surface area contributed by atoms with Gasteiger partial charge in [0.1, 0.15) is 0 Å². The van der Waals surface area contributed by atoms with Crippen molar-refractivity contribution in [1.82, 2.24) is 0 Å². The molecule has 2 aromatic rings. The molecule has 19 heavy (non-hydrogen) atoms. The Morgan fingerprint density at radius 3 is 2.53 bits per heavy atom. The summed E-state index contributed by atoms with van der Waals surface area (Å²) in [5.41, 5.74) is 0.861. The van der Waals surface area contributed by atoms with Gasteiger partial charge in [-0.3, -0.25) is 4.79 Å². The first-order valence-electron chi connectivity index (χ1n) is 5.05. The summed E-state index contributed by atoms with van der Waals surface area (Å²) in [7, 11) is 0. The van der Waals surface area contributed by atoms with E-state index in [1.165, 1.54) is 29.5 Å². The summed E-state index contributed by atoms with van der Waals surface area (Å²) in [6, 6.07) is 5.85. The number of anilines is 1. The Hall–Kier alpha value is -1.37. The number of hydrogen-bond donors (Lipinski definition) is 2. The van der Waals surface area contributed by atoms with E-state index < -0.39 is 5.97 Å². The predicted octanol–water partition coefficient (Wildman–Crippen LogP) is 4.11. The Labute approximate surface area is 126 Å². The van der Waals surface area contributed by atoms with Gasteiger partial charge in [-0.2, -0.15) is 0 Å². The number of benzene rings is 1. The van der Waals surface area contributed by atoms with Gasteiger partial charge in [0, 0.05) is 16.1 Å². The molecule has 0 saturated carbocycles. The number of thiophene rings is 1. The number of carbonyl (C=O) groups is 2. The van der Waals surface area contributed by atoms with Gasteiger partial charge in [-0.1, -0.05) is 11.6 Å². The van der Waals surface area contributed by atoms with E-state index in [0.717, 1.165) is 3.79 Å². The van der Waals surface area contributed by atoms with E-state index in [4.69, 9.17) is 16.7 Å². The lowest BCUT2D eigenvalue weighted by Crippen LogP contribution is -2.11. The third kappa shape index (κ3) is 3.56. The number of rotatable bonds is 3. The zero-order valence-electron chi connectivity index (χ0n) is 9.31. The molecule has 1 aromatic carbocycles. The Morgan fingerprint density at radius 1 is 1.21 bits per heavy atom. The number of amides is 1. The quantitative estimate of drug-likeness (QED) is 0.865. The van der Waals surface area contributed by atoms with Crippen LogP contribution in [0.1, 0.15) is 20.7 Å². The third-order valence-corrected chi connectivity index (χ3v) is 3.95. The zero-order chi connectivity index (χ0) is 14.0. The third-order valence-electron chi connectivity index (χ3n) is 2.23. The van der Waals surface area contributed by atoms with Gasteiger partial charge in [0.15, 0.2) is 0 Å². The van der Waals surface area contributed by atoms with Crippen molar-refractivity contribution in [1.29, 1.82) is 0 Å². The summed E-state index contributed by atoms with van der Waals surface area (Å²) < 4.78 is 0.843. The minimum Gasteiger partial charge on any atom is -0.478 e. The fourth-order valence-corrected chi connectivity index (χ4v) is 2.79. The molecule has 0 radical (unpaired) electrons. The minimum absolute atomic E-state index is 0.0225. The molecule has 0 spiro atoms. The largest absolute Gasteiger partial charge is 0.478 e. The van der Waals surface area contributed by atoms with Crippen LogP contribution in [0.3, 0.4) is 0 Å². The lowest BCUT2D eigenvalue weighted by atomic mass is 10.2. The molecule has 0 aliphatic carbocycles. The standard InChI is InChI=1S/C12H7BrClNO3S/c13-10-3-7(5-19-10)11(16)15-9-2-6(12(17)18)1-8(14)4-9/h1-5H,(H,15,16)(H,17,18). The van der Waals surface area contributed by atoms with Crippen LogP contribution >= 0.6 is 38.9 Å². The van der Waals surface area contributed by atoms with Gasteiger partial charge in [0.05, 0.1) is 14.9 Å². The summed E-state index contributed by atoms with van der Waals surface area (Å²) in [5, 5.41) is 13.5. The molecular formula is C12H7BrClNO3S. The van der Waals surface area contributed by atoms with Gasteiger partial charge in [0.2, 0.25) is 0 Å². The van der Waals surface area contributed by atoms with Crippen molar-refractivity contribution in [3.8, 4) is 0 Å². The Bertz CT molecular complexity index is 656. The van der Waals surface area contributed by atoms with Gasteiger partial charge in [-0.15, -0.1) is 11.3 Å². The smallest absolute Gasteiger partial charge is 0.335 e. The van der Waals surface area contributed by atoms with Crippen molar-refractivity contribution < 1.29 is 14.7 Å². The zero-order valence-corrected chi connectivity index (χ0v) is 12.5. The van der Waals surface area contributed by atoms with E-state index in [-0.39, 0.29) is 16.5 Å². The van der Waals surface area contributed by atoms with Crippen LogP contribution in [0.2, 0.25) is 5.02 Å². The number of carbonyl (C=O) groups excluding carboxylic acids is 1. The molecule has 2 N–H and O–H groups in total. The van der Waals surface area contributed by atoms with Gasteiger partial charge in [0.25, 0.3) is 5.91 Å². The van der Waals surface area contributed by atoms with Crippen molar-refractivity contribution in [3.63, 3.8) is 0 Å². The second-order valence-electron chi connectivity index (χ2n) is 3.63. The van der Waals surface area contributed by atoms with E-state index in [0.29, 0.717) is 11.3 Å². The molecule has 98 valence electrons. The molecule has 1 amide bonds. The molecule has 0 aliphatic rings. The second-order valence-corrected chi connectivity index (χ2v) is 6.35. The number of hydrogen-bond acceptors (Lipinski definition) is 3. The molecule has 7 heteroatoms.